The third-order valence-electron chi connectivity index (χ3n) is 2.46. The Labute approximate surface area is 95.9 Å². The van der Waals surface area contributed by atoms with Gasteiger partial charge >= 0.3 is 6.18 Å². The van der Waals surface area contributed by atoms with Gasteiger partial charge in [0.05, 0.1) is 6.54 Å². The number of piperidine rings is 1. The molecular weight excluding hydrogens is 308 g/mol. The van der Waals surface area contributed by atoms with Gasteiger partial charge in [0.25, 0.3) is 0 Å². The van der Waals surface area contributed by atoms with Crippen LogP contribution in [-0.4, -0.2) is 46.9 Å². The van der Waals surface area contributed by atoms with Gasteiger partial charge in [-0.15, -0.1) is 0 Å². The van der Waals surface area contributed by atoms with E-state index in [-0.39, 0.29) is 0 Å². The molecule has 14 heavy (non-hydrogen) atoms. The Bertz CT molecular complexity index is 176. The minimum atomic E-state index is -4.05. The van der Waals surface area contributed by atoms with E-state index in [1.807, 2.05) is 7.05 Å². The Morgan fingerprint density at radius 2 is 1.86 bits per heavy atom. The zero-order valence-corrected chi connectivity index (χ0v) is 10.2. The summed E-state index contributed by atoms with van der Waals surface area (Å²) in [5, 5.41) is 0. The van der Waals surface area contributed by atoms with Crippen LogP contribution in [0.3, 0.4) is 0 Å². The molecule has 0 aromatic carbocycles. The first-order valence-corrected chi connectivity index (χ1v) is 5.52. The Hall–Kier alpha value is 0.440. The Morgan fingerprint density at radius 3 is 2.21 bits per heavy atom. The second-order valence-electron chi connectivity index (χ2n) is 3.65. The van der Waals surface area contributed by atoms with Crippen molar-refractivity contribution in [3.63, 3.8) is 0 Å². The van der Waals surface area contributed by atoms with Crippen molar-refractivity contribution >= 4 is 22.9 Å². The van der Waals surface area contributed by atoms with E-state index >= 15 is 0 Å². The van der Waals surface area contributed by atoms with E-state index in [2.05, 4.69) is 26.0 Å². The van der Waals surface area contributed by atoms with Crippen molar-refractivity contribution in [2.45, 2.75) is 25.1 Å². The first-order valence-electron chi connectivity index (χ1n) is 4.56. The van der Waals surface area contributed by atoms with Crippen molar-refractivity contribution in [1.82, 2.24) is 8.01 Å². The molecule has 0 unspecified atom stereocenters. The monoisotopic (exact) mass is 322 g/mol. The molecule has 1 fully saturated rings. The summed E-state index contributed by atoms with van der Waals surface area (Å²) in [6, 6.07) is 0.431. The lowest BCUT2D eigenvalue weighted by Crippen LogP contribution is -2.44. The number of likely N-dealkylation sites (tertiary alicyclic amines) is 1. The molecule has 2 nitrogen and oxygen atoms in total. The van der Waals surface area contributed by atoms with E-state index in [0.717, 1.165) is 12.8 Å². The number of nitrogens with zero attached hydrogens (tertiary/aromatic N) is 2. The molecule has 6 heteroatoms. The van der Waals surface area contributed by atoms with Crippen LogP contribution in [0.5, 0.6) is 0 Å². The topological polar surface area (TPSA) is 6.48 Å². The minimum absolute atomic E-state index is 0.431. The molecule has 0 aromatic rings. The van der Waals surface area contributed by atoms with Gasteiger partial charge in [0.15, 0.2) is 0 Å². The Balaban J connectivity index is 2.29. The van der Waals surface area contributed by atoms with Crippen molar-refractivity contribution in [3.05, 3.63) is 0 Å². The summed E-state index contributed by atoms with van der Waals surface area (Å²) in [6.45, 7) is 0.347. The third kappa shape index (κ3) is 4.31. The van der Waals surface area contributed by atoms with Gasteiger partial charge in [-0.05, 0) is 33.0 Å². The fraction of sp³-hybridized carbons (Fsp3) is 1.00. The fourth-order valence-corrected chi connectivity index (χ4v) is 2.24. The highest BCUT2D eigenvalue weighted by molar-refractivity contribution is 14.1. The number of hydrogen-bond donors (Lipinski definition) is 0. The zero-order chi connectivity index (χ0) is 10.8. The van der Waals surface area contributed by atoms with Gasteiger partial charge < -0.3 is 0 Å². The first kappa shape index (κ1) is 12.5. The highest BCUT2D eigenvalue weighted by atomic mass is 127. The molecule has 0 amide bonds. The van der Waals surface area contributed by atoms with Crippen molar-refractivity contribution in [1.29, 1.82) is 0 Å². The SMILES string of the molecule is CN(I)C1CCN(CC(F)(F)F)CC1. The lowest BCUT2D eigenvalue weighted by Gasteiger charge is -2.34. The summed E-state index contributed by atoms with van der Waals surface area (Å²) in [5.74, 6) is 0. The Morgan fingerprint density at radius 1 is 1.36 bits per heavy atom. The van der Waals surface area contributed by atoms with E-state index in [0.29, 0.717) is 19.1 Å². The molecule has 0 aliphatic carbocycles. The first-order chi connectivity index (χ1) is 6.38. The molecule has 0 aromatic heterocycles. The number of halogens is 4. The summed E-state index contributed by atoms with van der Waals surface area (Å²) in [4.78, 5) is 1.48. The second-order valence-corrected chi connectivity index (χ2v) is 5.17. The number of alkyl halides is 3. The van der Waals surface area contributed by atoms with Crippen LogP contribution in [-0.2, 0) is 0 Å². The lowest BCUT2D eigenvalue weighted by atomic mass is 10.1. The average Bonchev–Trinajstić information content (AvgIpc) is 2.02. The Kier molecular flexibility index (Phi) is 4.45. The molecule has 0 atom stereocenters. The van der Waals surface area contributed by atoms with Crippen molar-refractivity contribution < 1.29 is 13.2 Å². The highest BCUT2D eigenvalue weighted by Crippen LogP contribution is 2.22. The van der Waals surface area contributed by atoms with E-state index in [1.165, 1.54) is 4.90 Å². The molecule has 0 N–H and O–H groups in total. The van der Waals surface area contributed by atoms with Gasteiger partial charge in [-0.25, -0.2) is 3.11 Å². The van der Waals surface area contributed by atoms with Crippen LogP contribution in [0, 0.1) is 0 Å². The molecule has 0 saturated carbocycles. The average molecular weight is 322 g/mol. The molecule has 0 spiro atoms. The predicted molar refractivity (Wildman–Crippen MR) is 57.3 cm³/mol. The van der Waals surface area contributed by atoms with Gasteiger partial charge in [-0.2, -0.15) is 13.2 Å². The molecule has 84 valence electrons. The van der Waals surface area contributed by atoms with Crippen molar-refractivity contribution in [2.75, 3.05) is 26.7 Å². The maximum Gasteiger partial charge on any atom is 0.401 e. The van der Waals surface area contributed by atoms with Crippen LogP contribution in [0.25, 0.3) is 0 Å². The normalized spacial score (nSPS) is 21.9. The summed E-state index contributed by atoms with van der Waals surface area (Å²) >= 11 is 2.19. The van der Waals surface area contributed by atoms with Gasteiger partial charge in [0.1, 0.15) is 0 Å². The maximum absolute atomic E-state index is 12.0. The van der Waals surface area contributed by atoms with E-state index < -0.39 is 12.7 Å². The summed E-state index contributed by atoms with van der Waals surface area (Å²) < 4.78 is 38.2. The number of hydrogen-bond acceptors (Lipinski definition) is 2. The standard InChI is InChI=1S/C8H14F3IN2/c1-13(12)7-2-4-14(5-3-7)6-8(9,10)11/h7H,2-6H2,1H3. The molecular formula is C8H14F3IN2. The molecule has 1 rings (SSSR count). The third-order valence-corrected chi connectivity index (χ3v) is 3.25. The van der Waals surface area contributed by atoms with E-state index in [1.54, 1.807) is 0 Å². The lowest BCUT2D eigenvalue weighted by molar-refractivity contribution is -0.148. The predicted octanol–water partition coefficient (Wildman–Crippen LogP) is 2.29. The summed E-state index contributed by atoms with van der Waals surface area (Å²) in [7, 11) is 1.96. The molecule has 0 radical (unpaired) electrons. The van der Waals surface area contributed by atoms with E-state index in [4.69, 9.17) is 0 Å². The quantitative estimate of drug-likeness (QED) is 0.569. The second kappa shape index (κ2) is 4.98. The minimum Gasteiger partial charge on any atom is -0.295 e. The van der Waals surface area contributed by atoms with Crippen LogP contribution in [0.15, 0.2) is 0 Å². The number of rotatable bonds is 2. The van der Waals surface area contributed by atoms with Crippen LogP contribution >= 0.6 is 22.9 Å². The van der Waals surface area contributed by atoms with Crippen molar-refractivity contribution in [3.8, 4) is 0 Å². The van der Waals surface area contributed by atoms with Gasteiger partial charge in [-0.3, -0.25) is 4.90 Å². The molecule has 1 aliphatic rings. The van der Waals surface area contributed by atoms with Crippen LogP contribution in [0.2, 0.25) is 0 Å². The van der Waals surface area contributed by atoms with Crippen LogP contribution < -0.4 is 0 Å². The molecule has 1 aliphatic heterocycles. The molecule has 1 saturated heterocycles. The van der Waals surface area contributed by atoms with Gasteiger partial charge in [0, 0.05) is 28.9 Å². The van der Waals surface area contributed by atoms with Crippen LogP contribution in [0.4, 0.5) is 13.2 Å². The fourth-order valence-electron chi connectivity index (χ4n) is 1.69. The van der Waals surface area contributed by atoms with Gasteiger partial charge in [-0.1, -0.05) is 0 Å². The highest BCUT2D eigenvalue weighted by Gasteiger charge is 2.32. The van der Waals surface area contributed by atoms with Gasteiger partial charge in [0.2, 0.25) is 0 Å². The van der Waals surface area contributed by atoms with Crippen molar-refractivity contribution in [2.24, 2.45) is 0 Å². The largest absolute Gasteiger partial charge is 0.401 e. The summed E-state index contributed by atoms with van der Waals surface area (Å²) in [6.07, 6.45) is -2.39. The summed E-state index contributed by atoms with van der Waals surface area (Å²) in [5.41, 5.74) is 0. The van der Waals surface area contributed by atoms with Crippen LogP contribution in [0.1, 0.15) is 12.8 Å². The maximum atomic E-state index is 12.0. The smallest absolute Gasteiger partial charge is 0.295 e. The molecule has 1 heterocycles. The van der Waals surface area contributed by atoms with E-state index in [9.17, 15) is 13.2 Å². The zero-order valence-electron chi connectivity index (χ0n) is 8.02. The molecule has 0 bridgehead atoms.